The fourth-order valence-electron chi connectivity index (χ4n) is 1.79. The van der Waals surface area contributed by atoms with Crippen molar-refractivity contribution in [3.63, 3.8) is 0 Å². The van der Waals surface area contributed by atoms with Gasteiger partial charge in [0, 0.05) is 9.75 Å². The fraction of sp³-hybridized carbons (Fsp3) is 0.545. The summed E-state index contributed by atoms with van der Waals surface area (Å²) >= 11 is 1.85. The van der Waals surface area contributed by atoms with E-state index in [0.717, 1.165) is 0 Å². The molecular formula is C11H13NS. The highest BCUT2D eigenvalue weighted by atomic mass is 32.1. The van der Waals surface area contributed by atoms with Crippen LogP contribution >= 0.6 is 11.3 Å². The number of hydrogen-bond acceptors (Lipinski definition) is 2. The number of nitrogens with zero attached hydrogens (tertiary/aromatic N) is 1. The summed E-state index contributed by atoms with van der Waals surface area (Å²) in [6.07, 6.45) is 5.11. The number of hydrogen-bond donors (Lipinski definition) is 0. The molecule has 68 valence electrons. The third-order valence-corrected chi connectivity index (χ3v) is 4.06. The predicted octanol–water partition coefficient (Wildman–Crippen LogP) is 3.25. The molecule has 1 aromatic heterocycles. The average molecular weight is 191 g/mol. The van der Waals surface area contributed by atoms with Gasteiger partial charge in [0.2, 0.25) is 0 Å². The Labute approximate surface area is 83.0 Å². The lowest BCUT2D eigenvalue weighted by molar-refractivity contribution is 0.697. The molecule has 1 unspecified atom stereocenters. The van der Waals surface area contributed by atoms with Crippen molar-refractivity contribution < 1.29 is 0 Å². The lowest BCUT2D eigenvalue weighted by Crippen LogP contribution is -1.96. The Balaban J connectivity index is 2.31. The minimum absolute atomic E-state index is 0.0793. The van der Waals surface area contributed by atoms with E-state index in [1.807, 2.05) is 18.3 Å². The predicted molar refractivity (Wildman–Crippen MR) is 55.0 cm³/mol. The van der Waals surface area contributed by atoms with E-state index in [9.17, 15) is 0 Å². The van der Waals surface area contributed by atoms with Gasteiger partial charge in [-0.3, -0.25) is 0 Å². The first-order chi connectivity index (χ1) is 6.31. The van der Waals surface area contributed by atoms with Gasteiger partial charge in [0.15, 0.2) is 0 Å². The van der Waals surface area contributed by atoms with E-state index in [1.165, 1.54) is 41.0 Å². The molecule has 0 bridgehead atoms. The maximum Gasteiger partial charge on any atom is 0.0778 e. The largest absolute Gasteiger partial charge is 0.198 e. The van der Waals surface area contributed by atoms with Crippen molar-refractivity contribution in [3.05, 3.63) is 21.4 Å². The molecule has 0 radical (unpaired) electrons. The standard InChI is InChI=1S/C11H13NS/c1-8(7-12)11-6-9-4-2-3-5-10(9)13-11/h6,8H,2-5H2,1H3. The molecular weight excluding hydrogens is 178 g/mol. The van der Waals surface area contributed by atoms with Crippen LogP contribution in [-0.2, 0) is 12.8 Å². The van der Waals surface area contributed by atoms with Crippen molar-refractivity contribution in [2.24, 2.45) is 0 Å². The number of aryl methyl sites for hydroxylation is 2. The Morgan fingerprint density at radius 3 is 2.92 bits per heavy atom. The fourth-order valence-corrected chi connectivity index (χ4v) is 3.04. The third-order valence-electron chi connectivity index (χ3n) is 2.64. The molecule has 1 nitrogen and oxygen atoms in total. The molecule has 13 heavy (non-hydrogen) atoms. The second-order valence-corrected chi connectivity index (χ2v) is 4.82. The SMILES string of the molecule is CC(C#N)c1cc2c(s1)CCCC2. The monoisotopic (exact) mass is 191 g/mol. The highest BCUT2D eigenvalue weighted by Gasteiger charge is 2.15. The lowest BCUT2D eigenvalue weighted by Gasteiger charge is -2.08. The lowest BCUT2D eigenvalue weighted by atomic mass is 9.98. The van der Waals surface area contributed by atoms with Crippen LogP contribution in [0.4, 0.5) is 0 Å². The minimum atomic E-state index is 0.0793. The molecule has 1 aliphatic carbocycles. The van der Waals surface area contributed by atoms with E-state index in [2.05, 4.69) is 12.1 Å². The normalized spacial score (nSPS) is 17.5. The van der Waals surface area contributed by atoms with Gasteiger partial charge in [-0.1, -0.05) is 0 Å². The van der Waals surface area contributed by atoms with Gasteiger partial charge in [-0.15, -0.1) is 11.3 Å². The van der Waals surface area contributed by atoms with Crippen LogP contribution in [0.5, 0.6) is 0 Å². The van der Waals surface area contributed by atoms with Gasteiger partial charge in [0.1, 0.15) is 0 Å². The molecule has 0 N–H and O–H groups in total. The van der Waals surface area contributed by atoms with Crippen molar-refractivity contribution in [2.75, 3.05) is 0 Å². The summed E-state index contributed by atoms with van der Waals surface area (Å²) in [7, 11) is 0. The maximum atomic E-state index is 8.81. The van der Waals surface area contributed by atoms with E-state index in [4.69, 9.17) is 5.26 Å². The summed E-state index contributed by atoms with van der Waals surface area (Å²) in [4.78, 5) is 2.79. The highest BCUT2D eigenvalue weighted by molar-refractivity contribution is 7.12. The Morgan fingerprint density at radius 1 is 1.46 bits per heavy atom. The van der Waals surface area contributed by atoms with Gasteiger partial charge in [-0.25, -0.2) is 0 Å². The first-order valence-electron chi connectivity index (χ1n) is 4.82. The smallest absolute Gasteiger partial charge is 0.0778 e. The van der Waals surface area contributed by atoms with E-state index >= 15 is 0 Å². The molecule has 0 fully saturated rings. The van der Waals surface area contributed by atoms with Crippen LogP contribution in [0.3, 0.4) is 0 Å². The van der Waals surface area contributed by atoms with Crippen molar-refractivity contribution in [1.29, 1.82) is 5.26 Å². The zero-order valence-electron chi connectivity index (χ0n) is 7.84. The van der Waals surface area contributed by atoms with E-state index in [1.54, 1.807) is 0 Å². The molecule has 0 spiro atoms. The number of nitriles is 1. The molecule has 0 saturated heterocycles. The number of thiophene rings is 1. The van der Waals surface area contributed by atoms with Crippen LogP contribution in [0, 0.1) is 11.3 Å². The molecule has 2 rings (SSSR count). The summed E-state index contributed by atoms with van der Waals surface area (Å²) in [6, 6.07) is 4.54. The zero-order chi connectivity index (χ0) is 9.26. The van der Waals surface area contributed by atoms with Gasteiger partial charge >= 0.3 is 0 Å². The Morgan fingerprint density at radius 2 is 2.23 bits per heavy atom. The van der Waals surface area contributed by atoms with Gasteiger partial charge in [-0.05, 0) is 44.2 Å². The van der Waals surface area contributed by atoms with Crippen LogP contribution in [0.25, 0.3) is 0 Å². The molecule has 2 heteroatoms. The molecule has 0 aliphatic heterocycles. The molecule has 0 saturated carbocycles. The van der Waals surface area contributed by atoms with Crippen LogP contribution in [0.15, 0.2) is 6.07 Å². The van der Waals surface area contributed by atoms with Gasteiger partial charge < -0.3 is 0 Å². The second kappa shape index (κ2) is 3.51. The zero-order valence-corrected chi connectivity index (χ0v) is 8.66. The van der Waals surface area contributed by atoms with Crippen molar-refractivity contribution in [1.82, 2.24) is 0 Å². The topological polar surface area (TPSA) is 23.8 Å². The van der Waals surface area contributed by atoms with Crippen LogP contribution in [0.2, 0.25) is 0 Å². The Bertz CT molecular complexity index is 322. The van der Waals surface area contributed by atoms with Crippen LogP contribution in [-0.4, -0.2) is 0 Å². The molecule has 1 atom stereocenters. The third kappa shape index (κ3) is 1.62. The number of rotatable bonds is 1. The average Bonchev–Trinajstić information content (AvgIpc) is 2.59. The first kappa shape index (κ1) is 8.77. The summed E-state index contributed by atoms with van der Waals surface area (Å²) in [5, 5.41) is 8.81. The number of fused-ring (bicyclic) bond motifs is 1. The molecule has 1 aromatic rings. The summed E-state index contributed by atoms with van der Waals surface area (Å²) < 4.78 is 0. The van der Waals surface area contributed by atoms with Crippen LogP contribution in [0.1, 0.15) is 41.0 Å². The molecule has 0 aromatic carbocycles. The van der Waals surface area contributed by atoms with Crippen LogP contribution < -0.4 is 0 Å². The molecule has 1 aliphatic rings. The van der Waals surface area contributed by atoms with Gasteiger partial charge in [0.05, 0.1) is 12.0 Å². The molecule has 0 amide bonds. The minimum Gasteiger partial charge on any atom is -0.198 e. The summed E-state index contributed by atoms with van der Waals surface area (Å²) in [5.74, 6) is 0.0793. The Kier molecular flexibility index (Phi) is 2.37. The maximum absolute atomic E-state index is 8.81. The quantitative estimate of drug-likeness (QED) is 0.668. The second-order valence-electron chi connectivity index (χ2n) is 3.66. The van der Waals surface area contributed by atoms with E-state index in [-0.39, 0.29) is 5.92 Å². The van der Waals surface area contributed by atoms with Crippen molar-refractivity contribution >= 4 is 11.3 Å². The Hall–Kier alpha value is -0.810. The van der Waals surface area contributed by atoms with Gasteiger partial charge in [-0.2, -0.15) is 5.26 Å². The van der Waals surface area contributed by atoms with Gasteiger partial charge in [0.25, 0.3) is 0 Å². The van der Waals surface area contributed by atoms with E-state index in [0.29, 0.717) is 0 Å². The first-order valence-corrected chi connectivity index (χ1v) is 5.64. The van der Waals surface area contributed by atoms with Crippen molar-refractivity contribution in [2.45, 2.75) is 38.5 Å². The van der Waals surface area contributed by atoms with E-state index < -0.39 is 0 Å². The summed E-state index contributed by atoms with van der Waals surface area (Å²) in [6.45, 7) is 1.98. The molecule has 1 heterocycles. The highest BCUT2D eigenvalue weighted by Crippen LogP contribution is 2.33. The summed E-state index contributed by atoms with van der Waals surface area (Å²) in [5.41, 5.74) is 1.51. The van der Waals surface area contributed by atoms with Crippen molar-refractivity contribution in [3.8, 4) is 6.07 Å².